The quantitative estimate of drug-likeness (QED) is 0.0253. The predicted molar refractivity (Wildman–Crippen MR) is 447 cm³/mol. The third-order valence-electron chi connectivity index (χ3n) is 19.3. The number of thioether (sulfide) groups is 2. The number of nitrogens with zero attached hydrogens (tertiary/aromatic N) is 10. The van der Waals surface area contributed by atoms with Crippen LogP contribution in [-0.4, -0.2) is 272 Å². The molecule has 0 spiro atoms. The lowest BCUT2D eigenvalue weighted by molar-refractivity contribution is -0.142. The molecular formula is C79H102N16O22S4. The van der Waals surface area contributed by atoms with Crippen LogP contribution in [0.15, 0.2) is 154 Å². The van der Waals surface area contributed by atoms with Crippen molar-refractivity contribution < 1.29 is 93.8 Å². The summed E-state index contributed by atoms with van der Waals surface area (Å²) in [5, 5.41) is 36.6. The highest BCUT2D eigenvalue weighted by Gasteiger charge is 2.53. The molecule has 2 saturated heterocycles. The predicted octanol–water partition coefficient (Wildman–Crippen LogP) is 2.25. The van der Waals surface area contributed by atoms with Gasteiger partial charge in [-0.05, 0) is 124 Å². The number of aliphatic carboxylic acids is 2. The molecule has 6 amide bonds. The summed E-state index contributed by atoms with van der Waals surface area (Å²) < 4.78 is 93.4. The molecule has 2 aromatic carbocycles. The number of carboxylic acid groups (broad SMARTS) is 2. The van der Waals surface area contributed by atoms with Gasteiger partial charge in [0.15, 0.2) is 11.3 Å². The number of nitrogens with one attached hydrogen (secondary N) is 6. The van der Waals surface area contributed by atoms with Crippen molar-refractivity contribution in [3.63, 3.8) is 0 Å². The number of hydrogen-bond donors (Lipinski definition) is 8. The van der Waals surface area contributed by atoms with Crippen molar-refractivity contribution in [3.05, 3.63) is 166 Å². The van der Waals surface area contributed by atoms with Crippen LogP contribution in [0.1, 0.15) is 71.9 Å². The Morgan fingerprint density at radius 3 is 1.17 bits per heavy atom. The van der Waals surface area contributed by atoms with Crippen LogP contribution in [0.4, 0.5) is 0 Å². The number of rotatable bonds is 49. The Kier molecular flexibility index (Phi) is 35.1. The highest BCUT2D eigenvalue weighted by atomic mass is 32.2. The number of fused-ring (bicyclic) bond motifs is 2. The van der Waals surface area contributed by atoms with Crippen LogP contribution in [0.2, 0.25) is 0 Å². The number of aromatic nitrogens is 8. The van der Waals surface area contributed by atoms with Crippen LogP contribution in [0.5, 0.6) is 0 Å². The number of ether oxygens (including phenoxy) is 6. The minimum Gasteiger partial charge on any atom is -0.480 e. The van der Waals surface area contributed by atoms with Gasteiger partial charge < -0.3 is 70.5 Å². The summed E-state index contributed by atoms with van der Waals surface area (Å²) in [6, 6.07) is 19.7. The number of sulfonamides is 2. The van der Waals surface area contributed by atoms with Crippen molar-refractivity contribution in [1.29, 1.82) is 0 Å². The van der Waals surface area contributed by atoms with E-state index in [-0.39, 0.29) is 157 Å². The fourth-order valence-electron chi connectivity index (χ4n) is 13.1. The fraction of sp³-hybridized carbons (Fsp3) is 0.468. The Labute approximate surface area is 707 Å². The van der Waals surface area contributed by atoms with Crippen molar-refractivity contribution in [1.82, 2.24) is 78.7 Å². The molecule has 4 atom stereocenters. The number of carboxylic acids is 2. The average molecular weight is 1760 g/mol. The molecule has 0 bridgehead atoms. The first-order valence-electron chi connectivity index (χ1n) is 38.6. The Morgan fingerprint density at radius 1 is 0.463 bits per heavy atom. The molecule has 38 nitrogen and oxygen atoms in total. The highest BCUT2D eigenvalue weighted by molar-refractivity contribution is 8.02. The highest BCUT2D eigenvalue weighted by Crippen LogP contribution is 2.44. The van der Waals surface area contributed by atoms with Crippen molar-refractivity contribution in [2.24, 2.45) is 0 Å². The molecule has 2 fully saturated rings. The van der Waals surface area contributed by atoms with Gasteiger partial charge in [-0.3, -0.25) is 47.9 Å². The van der Waals surface area contributed by atoms with Crippen LogP contribution in [0.25, 0.3) is 33.7 Å². The minimum absolute atomic E-state index is 0. The number of carbonyl (C=O) groups is 8. The summed E-state index contributed by atoms with van der Waals surface area (Å²) in [6.07, 6.45) is 9.34. The molecule has 2 aliphatic heterocycles. The first-order chi connectivity index (χ1) is 57.6. The molecule has 8 aromatic rings. The Bertz CT molecular complexity index is 4890. The van der Waals surface area contributed by atoms with Crippen LogP contribution >= 0.6 is 23.5 Å². The largest absolute Gasteiger partial charge is 0.480 e. The summed E-state index contributed by atoms with van der Waals surface area (Å²) in [7, 11) is -8.32. The molecule has 8 heterocycles. The Morgan fingerprint density at radius 2 is 0.810 bits per heavy atom. The third-order valence-corrected chi connectivity index (χ3v) is 25.9. The summed E-state index contributed by atoms with van der Waals surface area (Å²) in [5.74, 6) is -5.59. The van der Waals surface area contributed by atoms with Gasteiger partial charge in [0.1, 0.15) is 47.0 Å². The molecule has 121 heavy (non-hydrogen) atoms. The monoisotopic (exact) mass is 1750 g/mol. The first-order valence-corrected chi connectivity index (χ1v) is 43.4. The molecule has 0 unspecified atom stereocenters. The number of pyridine rings is 4. The number of imidazole rings is 2. The Hall–Kier alpha value is -10.4. The van der Waals surface area contributed by atoms with Crippen molar-refractivity contribution in [2.75, 3.05) is 117 Å². The van der Waals surface area contributed by atoms with Crippen LogP contribution < -0.4 is 43.3 Å². The van der Waals surface area contributed by atoms with Gasteiger partial charge in [0.25, 0.3) is 0 Å². The standard InChI is InChI=1S/C78H98N16O22S4.CH4/c1-77(2)67(91(51-117-77)119(107,108)57-11-5-25-79-47-57)71(99)87-59(73(101)102)45-53-15-19-55(20-16-53)93-69-61(13-7-27-85-69)89(75(93)105)49-65(97)83-31-37-115-43-41-113-35-23-63(95)81-29-9-33-111-39-40-112-34-10-30-82-64(96)24-36-114-42-44-116-38-32-84-66(98)50-90-62-14-8-28-86-70(62)94(76(90)106)56-21-17-54(18-22-56)46-60(74(103)104)88-72(100)68-78(3,4)118-52-92(68)120(109,110)58-12-6-26-80-48-58;/h5-8,11-22,25-28,47-48,59-60,67-68H,9-10,23-24,29-46,49-52H2,1-4H3,(H,81,95)(H,82,96)(H,83,97)(H,84,98)(H,87,99)(H,88,100)(H,101,102)(H,103,104);1H4/t59-,60-,67+,68+;/m0./s1. The second-order valence-corrected chi connectivity index (χ2v) is 35.6. The minimum atomic E-state index is -4.16. The van der Waals surface area contributed by atoms with E-state index in [1.807, 2.05) is 0 Å². The second-order valence-electron chi connectivity index (χ2n) is 28.6. The summed E-state index contributed by atoms with van der Waals surface area (Å²) in [6.45, 7) is 10.3. The topological polar surface area (TPSA) is 485 Å². The van der Waals surface area contributed by atoms with E-state index < -0.39 is 101 Å². The van der Waals surface area contributed by atoms with E-state index in [1.165, 1.54) is 103 Å². The molecule has 6 aromatic heterocycles. The summed E-state index contributed by atoms with van der Waals surface area (Å²) in [4.78, 5) is 148. The van der Waals surface area contributed by atoms with Gasteiger partial charge in [-0.1, -0.05) is 31.7 Å². The fourth-order valence-corrected chi connectivity index (χ4v) is 19.4. The molecule has 10 rings (SSSR count). The smallest absolute Gasteiger partial charge is 0.335 e. The second kappa shape index (κ2) is 45.0. The maximum absolute atomic E-state index is 13.9. The van der Waals surface area contributed by atoms with Crippen molar-refractivity contribution in [2.45, 2.75) is 130 Å². The molecule has 8 N–H and O–H groups in total. The number of benzene rings is 2. The molecule has 42 heteroatoms. The summed E-state index contributed by atoms with van der Waals surface area (Å²) >= 11 is 2.50. The molecular weight excluding hydrogens is 1650 g/mol. The summed E-state index contributed by atoms with van der Waals surface area (Å²) in [5.41, 5.74) is 1.92. The molecule has 0 saturated carbocycles. The van der Waals surface area contributed by atoms with Gasteiger partial charge in [-0.2, -0.15) is 8.61 Å². The van der Waals surface area contributed by atoms with Gasteiger partial charge in [0.05, 0.1) is 100 Å². The van der Waals surface area contributed by atoms with Gasteiger partial charge in [-0.25, -0.2) is 55.1 Å². The average Bonchev–Trinajstić information content (AvgIpc) is 1.64. The lowest BCUT2D eigenvalue weighted by Gasteiger charge is -2.30. The van der Waals surface area contributed by atoms with E-state index >= 15 is 0 Å². The zero-order valence-electron chi connectivity index (χ0n) is 66.6. The van der Waals surface area contributed by atoms with Crippen LogP contribution in [0.3, 0.4) is 0 Å². The number of carbonyl (C=O) groups excluding carboxylic acids is 6. The molecule has 0 radical (unpaired) electrons. The van der Waals surface area contributed by atoms with E-state index in [0.29, 0.717) is 85.9 Å². The maximum atomic E-state index is 13.9. The number of hydrogen-bond acceptors (Lipinski definition) is 26. The number of amides is 6. The van der Waals surface area contributed by atoms with Crippen molar-refractivity contribution in [3.8, 4) is 11.4 Å². The maximum Gasteiger partial charge on any atom is 0.335 e. The van der Waals surface area contributed by atoms with Gasteiger partial charge in [0.2, 0.25) is 55.5 Å². The SMILES string of the molecule is C.CC1(C)SCN(S(=O)(=O)c2cccnc2)[C@@H]1C(=O)N[C@@H](Cc1ccc(-n2c(=O)n(CC(=O)NCCOCCOCCC(=O)NCCCOCCOCCCNC(=O)CCOCCOCCNC(=O)Cn3c(=O)n(-c4ccc(C[C@H](NC(=O)[C@H]5N(S(=O)(=O)c6cccnc6)CSC5(C)C)C(=O)O)cc4)c4ncccc43)c3cccnc32)cc1)C(=O)O. The van der Waals surface area contributed by atoms with E-state index in [9.17, 15) is 75.0 Å². The van der Waals surface area contributed by atoms with Gasteiger partial charge >= 0.3 is 23.3 Å². The van der Waals surface area contributed by atoms with E-state index in [1.54, 1.807) is 100 Å². The van der Waals surface area contributed by atoms with E-state index in [0.717, 1.165) is 8.61 Å². The lowest BCUT2D eigenvalue weighted by atomic mass is 10.0. The van der Waals surface area contributed by atoms with E-state index in [2.05, 4.69) is 51.8 Å². The van der Waals surface area contributed by atoms with Gasteiger partial charge in [-0.15, -0.1) is 23.5 Å². The molecule has 2 aliphatic rings. The molecule has 654 valence electrons. The van der Waals surface area contributed by atoms with Crippen molar-refractivity contribution >= 4 is 113 Å². The van der Waals surface area contributed by atoms with E-state index in [4.69, 9.17) is 28.4 Å². The zero-order chi connectivity index (χ0) is 86.0. The normalized spacial score (nSPS) is 15.8. The van der Waals surface area contributed by atoms with Crippen LogP contribution in [0, 0.1) is 0 Å². The lowest BCUT2D eigenvalue weighted by Crippen LogP contribution is -2.56. The van der Waals surface area contributed by atoms with Gasteiger partial charge in [0, 0.05) is 112 Å². The Balaban J connectivity index is 0.0000166. The molecule has 0 aliphatic carbocycles. The third kappa shape index (κ3) is 25.6. The first kappa shape index (κ1) is 94.5. The zero-order valence-corrected chi connectivity index (χ0v) is 69.8. The van der Waals surface area contributed by atoms with Crippen LogP contribution in [-0.2, 0) is 113 Å².